The largest absolute Gasteiger partial charge is 0.384 e. The van der Waals surface area contributed by atoms with Gasteiger partial charge in [-0.1, -0.05) is 6.07 Å². The Morgan fingerprint density at radius 2 is 2.00 bits per heavy atom. The molecule has 0 aliphatic carbocycles. The number of halogens is 3. The summed E-state index contributed by atoms with van der Waals surface area (Å²) in [7, 11) is 0. The van der Waals surface area contributed by atoms with Crippen molar-refractivity contribution in [1.29, 1.82) is 0 Å². The van der Waals surface area contributed by atoms with Crippen LogP contribution in [0, 0.1) is 5.82 Å². The summed E-state index contributed by atoms with van der Waals surface area (Å²) < 4.78 is 14.1. The normalized spacial score (nSPS) is 10.8. The summed E-state index contributed by atoms with van der Waals surface area (Å²) >= 11 is 6.42. The number of pyridine rings is 1. The molecule has 72 valence electrons. The van der Waals surface area contributed by atoms with Crippen molar-refractivity contribution >= 4 is 48.5 Å². The smallest absolute Gasteiger partial charge is 0.138 e. The third-order valence-electron chi connectivity index (χ3n) is 1.86. The van der Waals surface area contributed by atoms with Gasteiger partial charge in [-0.05, 0) is 49.4 Å². The lowest BCUT2D eigenvalue weighted by molar-refractivity contribution is 0.623. The molecule has 0 unspecified atom stereocenters. The van der Waals surface area contributed by atoms with Crippen LogP contribution in [0.4, 0.5) is 10.2 Å². The zero-order chi connectivity index (χ0) is 10.3. The number of anilines is 1. The Hall–Kier alpha value is -0.680. The minimum absolute atomic E-state index is 0.315. The molecule has 0 spiro atoms. The summed E-state index contributed by atoms with van der Waals surface area (Å²) in [4.78, 5) is 4.00. The van der Waals surface area contributed by atoms with E-state index in [0.29, 0.717) is 20.3 Å². The molecular formula is C9H5Br2FN2. The Balaban J connectivity index is 2.95. The van der Waals surface area contributed by atoms with Gasteiger partial charge >= 0.3 is 0 Å². The van der Waals surface area contributed by atoms with E-state index in [-0.39, 0.29) is 5.82 Å². The van der Waals surface area contributed by atoms with E-state index in [4.69, 9.17) is 5.73 Å². The fourth-order valence-electron chi connectivity index (χ4n) is 1.26. The van der Waals surface area contributed by atoms with Crippen LogP contribution in [0.15, 0.2) is 27.3 Å². The predicted molar refractivity (Wildman–Crippen MR) is 61.5 cm³/mol. The van der Waals surface area contributed by atoms with Crippen molar-refractivity contribution in [3.63, 3.8) is 0 Å². The third-order valence-corrected chi connectivity index (χ3v) is 3.21. The van der Waals surface area contributed by atoms with Gasteiger partial charge in [-0.3, -0.25) is 0 Å². The van der Waals surface area contributed by atoms with Gasteiger partial charge < -0.3 is 5.73 Å². The van der Waals surface area contributed by atoms with E-state index in [0.717, 1.165) is 5.39 Å². The van der Waals surface area contributed by atoms with E-state index in [9.17, 15) is 4.39 Å². The number of nitrogens with two attached hydrogens (primary N) is 1. The summed E-state index contributed by atoms with van der Waals surface area (Å²) in [6, 6.07) is 4.75. The lowest BCUT2D eigenvalue weighted by Crippen LogP contribution is -1.92. The van der Waals surface area contributed by atoms with Crippen molar-refractivity contribution in [2.45, 2.75) is 0 Å². The Morgan fingerprint density at radius 3 is 2.71 bits per heavy atom. The zero-order valence-corrected chi connectivity index (χ0v) is 10.1. The fourth-order valence-corrected chi connectivity index (χ4v) is 2.70. The molecule has 14 heavy (non-hydrogen) atoms. The van der Waals surface area contributed by atoms with Gasteiger partial charge in [-0.2, -0.15) is 0 Å². The molecule has 1 aromatic heterocycles. The van der Waals surface area contributed by atoms with Crippen LogP contribution in [0.5, 0.6) is 0 Å². The monoisotopic (exact) mass is 318 g/mol. The Kier molecular flexibility index (Phi) is 2.45. The molecule has 2 N–H and O–H groups in total. The molecule has 1 aromatic carbocycles. The average molecular weight is 320 g/mol. The molecule has 0 fully saturated rings. The van der Waals surface area contributed by atoms with Gasteiger partial charge in [0.15, 0.2) is 0 Å². The van der Waals surface area contributed by atoms with Crippen LogP contribution in [0.1, 0.15) is 0 Å². The van der Waals surface area contributed by atoms with Gasteiger partial charge in [0.25, 0.3) is 0 Å². The predicted octanol–water partition coefficient (Wildman–Crippen LogP) is 3.48. The maximum absolute atomic E-state index is 13.2. The molecule has 0 saturated carbocycles. The van der Waals surface area contributed by atoms with Crippen molar-refractivity contribution in [2.24, 2.45) is 0 Å². The maximum atomic E-state index is 13.2. The van der Waals surface area contributed by atoms with Gasteiger partial charge in [-0.15, -0.1) is 0 Å². The molecule has 2 rings (SSSR count). The molecule has 0 atom stereocenters. The molecule has 2 nitrogen and oxygen atoms in total. The topological polar surface area (TPSA) is 38.9 Å². The van der Waals surface area contributed by atoms with Gasteiger partial charge in [0.1, 0.15) is 16.2 Å². The molecule has 0 radical (unpaired) electrons. The van der Waals surface area contributed by atoms with Crippen LogP contribution < -0.4 is 5.73 Å². The summed E-state index contributed by atoms with van der Waals surface area (Å²) in [6.45, 7) is 0. The van der Waals surface area contributed by atoms with Crippen molar-refractivity contribution in [1.82, 2.24) is 4.98 Å². The molecule has 0 saturated heterocycles. The number of rotatable bonds is 0. The van der Waals surface area contributed by atoms with Gasteiger partial charge in [0.05, 0.1) is 4.47 Å². The Morgan fingerprint density at radius 1 is 1.29 bits per heavy atom. The number of hydrogen-bond acceptors (Lipinski definition) is 2. The molecule has 0 bridgehead atoms. The SMILES string of the molecule is Nc1cc2ccc(F)c(Br)c2c(Br)n1. The van der Waals surface area contributed by atoms with Crippen LogP contribution in [0.3, 0.4) is 0 Å². The minimum atomic E-state index is -0.315. The first kappa shape index (κ1) is 9.86. The summed E-state index contributed by atoms with van der Waals surface area (Å²) in [5.41, 5.74) is 5.56. The number of nitrogen functional groups attached to an aromatic ring is 1. The molecule has 1 heterocycles. The molecule has 0 aliphatic heterocycles. The summed E-state index contributed by atoms with van der Waals surface area (Å²) in [5.74, 6) is 0.0904. The highest BCUT2D eigenvalue weighted by Gasteiger charge is 2.09. The third kappa shape index (κ3) is 1.50. The van der Waals surface area contributed by atoms with E-state index in [1.54, 1.807) is 12.1 Å². The number of benzene rings is 1. The number of hydrogen-bond donors (Lipinski definition) is 1. The van der Waals surface area contributed by atoms with Crippen LogP contribution in [0.2, 0.25) is 0 Å². The molecular weight excluding hydrogens is 315 g/mol. The summed E-state index contributed by atoms with van der Waals surface area (Å²) in [5, 5.41) is 1.54. The first-order valence-electron chi connectivity index (χ1n) is 3.79. The fraction of sp³-hybridized carbons (Fsp3) is 0. The second-order valence-electron chi connectivity index (χ2n) is 2.80. The second kappa shape index (κ2) is 3.47. The number of aromatic nitrogens is 1. The molecule has 0 amide bonds. The van der Waals surface area contributed by atoms with Gasteiger partial charge in [-0.25, -0.2) is 9.37 Å². The van der Waals surface area contributed by atoms with Crippen molar-refractivity contribution in [2.75, 3.05) is 5.73 Å². The number of fused-ring (bicyclic) bond motifs is 1. The Labute approximate surface area is 96.6 Å². The van der Waals surface area contributed by atoms with Gasteiger partial charge in [0, 0.05) is 5.39 Å². The van der Waals surface area contributed by atoms with E-state index < -0.39 is 0 Å². The van der Waals surface area contributed by atoms with Crippen molar-refractivity contribution in [3.8, 4) is 0 Å². The van der Waals surface area contributed by atoms with Crippen LogP contribution in [-0.2, 0) is 0 Å². The Bertz CT molecular complexity index is 514. The highest BCUT2D eigenvalue weighted by atomic mass is 79.9. The van der Waals surface area contributed by atoms with Crippen LogP contribution in [-0.4, -0.2) is 4.98 Å². The molecule has 5 heteroatoms. The highest BCUT2D eigenvalue weighted by molar-refractivity contribution is 9.11. The average Bonchev–Trinajstić information content (AvgIpc) is 2.10. The highest BCUT2D eigenvalue weighted by Crippen LogP contribution is 2.32. The first-order valence-corrected chi connectivity index (χ1v) is 5.38. The standard InChI is InChI=1S/C9H5Br2FN2/c10-8-5(12)2-1-4-3-6(13)14-9(11)7(4)8/h1-3H,(H2,13,14). The second-order valence-corrected chi connectivity index (χ2v) is 4.34. The molecule has 0 aliphatic rings. The molecule has 2 aromatic rings. The van der Waals surface area contributed by atoms with E-state index in [2.05, 4.69) is 36.8 Å². The quantitative estimate of drug-likeness (QED) is 0.755. The minimum Gasteiger partial charge on any atom is -0.384 e. The van der Waals surface area contributed by atoms with E-state index >= 15 is 0 Å². The van der Waals surface area contributed by atoms with Crippen molar-refractivity contribution < 1.29 is 4.39 Å². The number of nitrogens with zero attached hydrogens (tertiary/aromatic N) is 1. The van der Waals surface area contributed by atoms with E-state index in [1.807, 2.05) is 0 Å². The van der Waals surface area contributed by atoms with E-state index in [1.165, 1.54) is 6.07 Å². The lowest BCUT2D eigenvalue weighted by atomic mass is 10.2. The maximum Gasteiger partial charge on any atom is 0.138 e. The van der Waals surface area contributed by atoms with Gasteiger partial charge in [0.2, 0.25) is 0 Å². The lowest BCUT2D eigenvalue weighted by Gasteiger charge is -2.04. The zero-order valence-electron chi connectivity index (χ0n) is 6.89. The van der Waals surface area contributed by atoms with Crippen LogP contribution in [0.25, 0.3) is 10.8 Å². The van der Waals surface area contributed by atoms with Crippen LogP contribution >= 0.6 is 31.9 Å². The van der Waals surface area contributed by atoms with Crippen molar-refractivity contribution in [3.05, 3.63) is 33.1 Å². The summed E-state index contributed by atoms with van der Waals surface area (Å²) in [6.07, 6.45) is 0. The first-order chi connectivity index (χ1) is 6.59.